The van der Waals surface area contributed by atoms with Gasteiger partial charge in [-0.05, 0) is 29.8 Å². The first-order valence-corrected chi connectivity index (χ1v) is 9.50. The molecule has 140 valence electrons. The normalized spacial score (nSPS) is 11.8. The molecule has 0 aliphatic rings. The highest BCUT2D eigenvalue weighted by atomic mass is 32.2. The number of aliphatic imine (C=N–C) groups is 1. The smallest absolute Gasteiger partial charge is 0.242 e. The van der Waals surface area contributed by atoms with Gasteiger partial charge in [-0.15, -0.1) is 0 Å². The van der Waals surface area contributed by atoms with Gasteiger partial charge in [0.15, 0.2) is 5.96 Å². The van der Waals surface area contributed by atoms with Crippen LogP contribution >= 0.6 is 0 Å². The minimum atomic E-state index is -3.55. The van der Waals surface area contributed by atoms with Gasteiger partial charge in [0.05, 0.1) is 7.11 Å². The monoisotopic (exact) mass is 377 g/mol. The number of methoxy groups -OCH3 is 1. The Morgan fingerprint density at radius 2 is 1.92 bits per heavy atom. The van der Waals surface area contributed by atoms with E-state index < -0.39 is 10.0 Å². The van der Waals surface area contributed by atoms with Gasteiger partial charge >= 0.3 is 0 Å². The van der Waals surface area contributed by atoms with Gasteiger partial charge in [-0.25, -0.2) is 13.1 Å². The molecular formula is C17H23N5O3S. The molecular weight excluding hydrogens is 354 g/mol. The highest BCUT2D eigenvalue weighted by Crippen LogP contribution is 2.10. The molecule has 8 nitrogen and oxygen atoms in total. The largest absolute Gasteiger partial charge is 0.497 e. The number of nitrogens with one attached hydrogen (secondary N) is 3. The van der Waals surface area contributed by atoms with Crippen molar-refractivity contribution in [2.24, 2.45) is 4.99 Å². The molecule has 0 saturated heterocycles. The molecule has 0 fully saturated rings. The number of pyridine rings is 1. The number of hydrogen-bond acceptors (Lipinski definition) is 5. The molecule has 9 heteroatoms. The SMILES string of the molecule is CN=C(NCCNS(=O)(=O)c1cccnc1)NCc1ccc(OC)cc1. The fraction of sp³-hybridized carbons (Fsp3) is 0.294. The maximum Gasteiger partial charge on any atom is 0.242 e. The zero-order valence-corrected chi connectivity index (χ0v) is 15.6. The number of guanidine groups is 1. The van der Waals surface area contributed by atoms with E-state index in [4.69, 9.17) is 4.74 Å². The second-order valence-corrected chi connectivity index (χ2v) is 7.05. The first-order chi connectivity index (χ1) is 12.5. The fourth-order valence-electron chi connectivity index (χ4n) is 2.11. The summed E-state index contributed by atoms with van der Waals surface area (Å²) in [6, 6.07) is 10.8. The van der Waals surface area contributed by atoms with Crippen molar-refractivity contribution >= 4 is 16.0 Å². The summed E-state index contributed by atoms with van der Waals surface area (Å²) in [5.74, 6) is 1.39. The van der Waals surface area contributed by atoms with Crippen LogP contribution in [0.3, 0.4) is 0 Å². The maximum atomic E-state index is 12.1. The summed E-state index contributed by atoms with van der Waals surface area (Å²) in [5.41, 5.74) is 1.08. The molecule has 0 saturated carbocycles. The number of hydrogen-bond donors (Lipinski definition) is 3. The van der Waals surface area contributed by atoms with Crippen molar-refractivity contribution in [3.63, 3.8) is 0 Å². The summed E-state index contributed by atoms with van der Waals surface area (Å²) in [7, 11) is -0.269. The zero-order valence-electron chi connectivity index (χ0n) is 14.8. The summed E-state index contributed by atoms with van der Waals surface area (Å²) >= 11 is 0. The van der Waals surface area contributed by atoms with Gasteiger partial charge in [0.25, 0.3) is 0 Å². The van der Waals surface area contributed by atoms with E-state index in [1.54, 1.807) is 20.2 Å². The number of nitrogens with zero attached hydrogens (tertiary/aromatic N) is 2. The summed E-state index contributed by atoms with van der Waals surface area (Å²) < 4.78 is 31.8. The molecule has 0 atom stereocenters. The first kappa shape index (κ1) is 19.7. The molecule has 0 radical (unpaired) electrons. The van der Waals surface area contributed by atoms with E-state index in [2.05, 4.69) is 25.3 Å². The summed E-state index contributed by atoms with van der Waals surface area (Å²) in [5, 5.41) is 6.22. The predicted molar refractivity (Wildman–Crippen MR) is 101 cm³/mol. The quantitative estimate of drug-likeness (QED) is 0.356. The predicted octanol–water partition coefficient (Wildman–Crippen LogP) is 0.734. The Hall–Kier alpha value is -2.65. The summed E-state index contributed by atoms with van der Waals surface area (Å²) in [6.07, 6.45) is 2.84. The molecule has 0 aliphatic heterocycles. The Labute approximate surface area is 153 Å². The fourth-order valence-corrected chi connectivity index (χ4v) is 3.10. The van der Waals surface area contributed by atoms with Crippen LogP contribution in [0.2, 0.25) is 0 Å². The van der Waals surface area contributed by atoms with Gasteiger partial charge in [-0.1, -0.05) is 12.1 Å². The van der Waals surface area contributed by atoms with Crippen molar-refractivity contribution in [1.29, 1.82) is 0 Å². The zero-order chi connectivity index (χ0) is 18.8. The average Bonchev–Trinajstić information content (AvgIpc) is 2.68. The van der Waals surface area contributed by atoms with Crippen LogP contribution in [0.5, 0.6) is 5.75 Å². The third-order valence-corrected chi connectivity index (χ3v) is 4.94. The van der Waals surface area contributed by atoms with Crippen LogP contribution in [0.4, 0.5) is 0 Å². The second kappa shape index (κ2) is 9.73. The van der Waals surface area contributed by atoms with Crippen LogP contribution in [-0.4, -0.2) is 46.6 Å². The van der Waals surface area contributed by atoms with Crippen molar-refractivity contribution in [3.8, 4) is 5.75 Å². The Kier molecular flexibility index (Phi) is 7.37. The molecule has 26 heavy (non-hydrogen) atoms. The van der Waals surface area contributed by atoms with Crippen LogP contribution in [0, 0.1) is 0 Å². The Morgan fingerprint density at radius 1 is 1.15 bits per heavy atom. The third kappa shape index (κ3) is 6.01. The van der Waals surface area contributed by atoms with E-state index in [1.807, 2.05) is 24.3 Å². The average molecular weight is 377 g/mol. The first-order valence-electron chi connectivity index (χ1n) is 8.02. The lowest BCUT2D eigenvalue weighted by molar-refractivity contribution is 0.414. The van der Waals surface area contributed by atoms with Crippen molar-refractivity contribution in [2.75, 3.05) is 27.2 Å². The highest BCUT2D eigenvalue weighted by Gasteiger charge is 2.12. The molecule has 0 unspecified atom stereocenters. The second-order valence-electron chi connectivity index (χ2n) is 5.29. The molecule has 0 bridgehead atoms. The summed E-state index contributed by atoms with van der Waals surface area (Å²) in [4.78, 5) is 8.07. The van der Waals surface area contributed by atoms with E-state index in [0.29, 0.717) is 19.0 Å². The molecule has 1 heterocycles. The highest BCUT2D eigenvalue weighted by molar-refractivity contribution is 7.89. The van der Waals surface area contributed by atoms with E-state index in [-0.39, 0.29) is 11.4 Å². The molecule has 0 amide bonds. The topological polar surface area (TPSA) is 105 Å². The minimum Gasteiger partial charge on any atom is -0.497 e. The molecule has 0 aliphatic carbocycles. The van der Waals surface area contributed by atoms with Gasteiger partial charge < -0.3 is 15.4 Å². The molecule has 1 aromatic carbocycles. The third-order valence-electron chi connectivity index (χ3n) is 3.50. The lowest BCUT2D eigenvalue weighted by Crippen LogP contribution is -2.41. The number of ether oxygens (including phenoxy) is 1. The Morgan fingerprint density at radius 3 is 2.54 bits per heavy atom. The number of aromatic nitrogens is 1. The van der Waals surface area contributed by atoms with Crippen LogP contribution in [-0.2, 0) is 16.6 Å². The van der Waals surface area contributed by atoms with Crippen LogP contribution in [0.15, 0.2) is 58.7 Å². The summed E-state index contributed by atoms with van der Waals surface area (Å²) in [6.45, 7) is 1.20. The molecule has 2 aromatic rings. The van der Waals surface area contributed by atoms with E-state index in [1.165, 1.54) is 18.5 Å². The van der Waals surface area contributed by atoms with Gasteiger partial charge in [-0.2, -0.15) is 0 Å². The lowest BCUT2D eigenvalue weighted by Gasteiger charge is -2.13. The lowest BCUT2D eigenvalue weighted by atomic mass is 10.2. The number of sulfonamides is 1. The standard InChI is InChI=1S/C17H23N5O3S/c1-18-17(21-12-14-5-7-15(25-2)8-6-14)20-10-11-22-26(23,24)16-4-3-9-19-13-16/h3-9,13,22H,10-12H2,1-2H3,(H2,18,20,21). The number of benzene rings is 1. The van der Waals surface area contributed by atoms with Gasteiger partial charge in [0.1, 0.15) is 10.6 Å². The van der Waals surface area contributed by atoms with E-state index >= 15 is 0 Å². The van der Waals surface area contributed by atoms with Crippen LogP contribution in [0.1, 0.15) is 5.56 Å². The molecule has 1 aromatic heterocycles. The molecule has 3 N–H and O–H groups in total. The maximum absolute atomic E-state index is 12.1. The van der Waals surface area contributed by atoms with Crippen molar-refractivity contribution in [1.82, 2.24) is 20.3 Å². The van der Waals surface area contributed by atoms with Gasteiger partial charge in [-0.3, -0.25) is 9.98 Å². The van der Waals surface area contributed by atoms with Crippen molar-refractivity contribution in [2.45, 2.75) is 11.4 Å². The van der Waals surface area contributed by atoms with Crippen LogP contribution < -0.4 is 20.1 Å². The Bertz CT molecular complexity index is 808. The number of rotatable bonds is 8. The van der Waals surface area contributed by atoms with E-state index in [0.717, 1.165) is 11.3 Å². The minimum absolute atomic E-state index is 0.141. The molecule has 2 rings (SSSR count). The molecule has 0 spiro atoms. The van der Waals surface area contributed by atoms with Crippen molar-refractivity contribution < 1.29 is 13.2 Å². The van der Waals surface area contributed by atoms with Crippen molar-refractivity contribution in [3.05, 3.63) is 54.4 Å². The van der Waals surface area contributed by atoms with E-state index in [9.17, 15) is 8.42 Å². The Balaban J connectivity index is 1.75. The van der Waals surface area contributed by atoms with Gasteiger partial charge in [0, 0.05) is 39.1 Å². The van der Waals surface area contributed by atoms with Gasteiger partial charge in [0.2, 0.25) is 10.0 Å². The van der Waals surface area contributed by atoms with Crippen LogP contribution in [0.25, 0.3) is 0 Å².